The van der Waals surface area contributed by atoms with Gasteiger partial charge in [-0.1, -0.05) is 0 Å². The van der Waals surface area contributed by atoms with Gasteiger partial charge in [-0.15, -0.1) is 11.3 Å². The molecule has 0 spiro atoms. The fraction of sp³-hybridized carbons (Fsp3) is 0.667. The molecule has 2 rings (SSSR count). The van der Waals surface area contributed by atoms with E-state index in [9.17, 15) is 0 Å². The summed E-state index contributed by atoms with van der Waals surface area (Å²) in [5, 5.41) is 1.06. The zero-order chi connectivity index (χ0) is 9.47. The highest BCUT2D eigenvalue weighted by Gasteiger charge is 2.36. The first kappa shape index (κ1) is 9.12. The van der Waals surface area contributed by atoms with Crippen molar-refractivity contribution >= 4 is 11.3 Å². The molecule has 72 valence electrons. The Morgan fingerprint density at radius 1 is 1.31 bits per heavy atom. The molecule has 0 N–H and O–H groups in total. The summed E-state index contributed by atoms with van der Waals surface area (Å²) >= 11 is 1.65. The van der Waals surface area contributed by atoms with Crippen molar-refractivity contribution in [3.8, 4) is 0 Å². The van der Waals surface area contributed by atoms with E-state index >= 15 is 0 Å². The molecule has 13 heavy (non-hydrogen) atoms. The highest BCUT2D eigenvalue weighted by Crippen LogP contribution is 2.36. The van der Waals surface area contributed by atoms with Crippen LogP contribution < -0.4 is 0 Å². The first-order valence-electron chi connectivity index (χ1n) is 4.34. The van der Waals surface area contributed by atoms with Crippen molar-refractivity contribution < 1.29 is 9.47 Å². The van der Waals surface area contributed by atoms with Crippen LogP contribution in [-0.4, -0.2) is 18.2 Å². The maximum absolute atomic E-state index is 5.57. The smallest absolute Gasteiger partial charge is 0.203 e. The van der Waals surface area contributed by atoms with Gasteiger partial charge in [0.15, 0.2) is 0 Å². The minimum atomic E-state index is -0.546. The second-order valence-corrected chi connectivity index (χ2v) is 4.49. The molecule has 0 amide bonds. The molecule has 1 fully saturated rings. The first-order valence-corrected chi connectivity index (χ1v) is 5.16. The van der Waals surface area contributed by atoms with Crippen LogP contribution in [0.5, 0.6) is 0 Å². The minimum absolute atomic E-state index is 0.546. The van der Waals surface area contributed by atoms with Gasteiger partial charge in [-0.3, -0.25) is 0 Å². The molecule has 4 heteroatoms. The monoisotopic (exact) mass is 199 g/mol. The number of thiazole rings is 1. The number of nitrogens with zero attached hydrogens (tertiary/aromatic N) is 1. The van der Waals surface area contributed by atoms with Crippen LogP contribution in [0.4, 0.5) is 0 Å². The molecule has 0 unspecified atom stereocenters. The zero-order valence-corrected chi connectivity index (χ0v) is 8.90. The highest BCUT2D eigenvalue weighted by molar-refractivity contribution is 7.11. The van der Waals surface area contributed by atoms with Crippen molar-refractivity contribution in [2.75, 3.05) is 13.2 Å². The predicted octanol–water partition coefficient (Wildman–Crippen LogP) is 1.98. The largest absolute Gasteiger partial charge is 0.343 e. The normalized spacial score (nSPS) is 20.8. The molecule has 1 aliphatic rings. The van der Waals surface area contributed by atoms with Crippen molar-refractivity contribution in [2.24, 2.45) is 0 Å². The molecule has 0 bridgehead atoms. The van der Waals surface area contributed by atoms with Gasteiger partial charge in [0.05, 0.1) is 28.8 Å². The van der Waals surface area contributed by atoms with Gasteiger partial charge in [-0.05, 0) is 20.8 Å². The van der Waals surface area contributed by atoms with Gasteiger partial charge >= 0.3 is 0 Å². The highest BCUT2D eigenvalue weighted by atomic mass is 32.1. The Bertz CT molecular complexity index is 315. The SMILES string of the molecule is Cc1nc(C)c(C2(C)OCCO2)s1. The van der Waals surface area contributed by atoms with Crippen molar-refractivity contribution in [2.45, 2.75) is 26.6 Å². The van der Waals surface area contributed by atoms with Crippen LogP contribution in [-0.2, 0) is 15.3 Å². The molecule has 0 saturated carbocycles. The first-order chi connectivity index (χ1) is 6.12. The average Bonchev–Trinajstić information content (AvgIpc) is 2.59. The average molecular weight is 199 g/mol. The van der Waals surface area contributed by atoms with Crippen LogP contribution >= 0.6 is 11.3 Å². The van der Waals surface area contributed by atoms with Crippen molar-refractivity contribution in [3.63, 3.8) is 0 Å². The summed E-state index contributed by atoms with van der Waals surface area (Å²) in [6.07, 6.45) is 0. The van der Waals surface area contributed by atoms with Crippen molar-refractivity contribution in [1.29, 1.82) is 0 Å². The molecule has 0 aliphatic carbocycles. The minimum Gasteiger partial charge on any atom is -0.343 e. The lowest BCUT2D eigenvalue weighted by atomic mass is 10.2. The van der Waals surface area contributed by atoms with E-state index in [1.54, 1.807) is 11.3 Å². The van der Waals surface area contributed by atoms with E-state index in [4.69, 9.17) is 9.47 Å². The molecular weight excluding hydrogens is 186 g/mol. The summed E-state index contributed by atoms with van der Waals surface area (Å²) in [6, 6.07) is 0. The summed E-state index contributed by atoms with van der Waals surface area (Å²) in [6.45, 7) is 7.30. The van der Waals surface area contributed by atoms with Crippen LogP contribution in [0.25, 0.3) is 0 Å². The number of ether oxygens (including phenoxy) is 2. The molecule has 1 aliphatic heterocycles. The lowest BCUT2D eigenvalue weighted by Crippen LogP contribution is -2.21. The lowest BCUT2D eigenvalue weighted by molar-refractivity contribution is -0.147. The summed E-state index contributed by atoms with van der Waals surface area (Å²) in [7, 11) is 0. The maximum atomic E-state index is 5.57. The molecule has 0 aromatic carbocycles. The third kappa shape index (κ3) is 1.49. The van der Waals surface area contributed by atoms with E-state index in [1.165, 1.54) is 0 Å². The Morgan fingerprint density at radius 2 is 1.92 bits per heavy atom. The van der Waals surface area contributed by atoms with Gasteiger partial charge < -0.3 is 9.47 Å². The van der Waals surface area contributed by atoms with Gasteiger partial charge in [0.1, 0.15) is 0 Å². The number of rotatable bonds is 1. The van der Waals surface area contributed by atoms with Crippen LogP contribution in [0.1, 0.15) is 22.5 Å². The Morgan fingerprint density at radius 3 is 2.38 bits per heavy atom. The maximum Gasteiger partial charge on any atom is 0.203 e. The van der Waals surface area contributed by atoms with E-state index in [-0.39, 0.29) is 0 Å². The van der Waals surface area contributed by atoms with E-state index in [0.29, 0.717) is 13.2 Å². The quantitative estimate of drug-likeness (QED) is 0.693. The van der Waals surface area contributed by atoms with Crippen LogP contribution in [0.15, 0.2) is 0 Å². The molecule has 0 radical (unpaired) electrons. The molecule has 1 saturated heterocycles. The summed E-state index contributed by atoms with van der Waals surface area (Å²) in [5.74, 6) is -0.546. The zero-order valence-electron chi connectivity index (χ0n) is 8.09. The fourth-order valence-corrected chi connectivity index (χ4v) is 2.57. The van der Waals surface area contributed by atoms with E-state index in [1.807, 2.05) is 20.8 Å². The van der Waals surface area contributed by atoms with Gasteiger partial charge in [-0.2, -0.15) is 0 Å². The molecule has 0 atom stereocenters. The molecular formula is C9H13NO2S. The molecule has 2 heterocycles. The Hall–Kier alpha value is -0.450. The standard InChI is InChI=1S/C9H13NO2S/c1-6-8(13-7(2)10-6)9(3)11-4-5-12-9/h4-5H2,1-3H3. The van der Waals surface area contributed by atoms with E-state index < -0.39 is 5.79 Å². The third-order valence-electron chi connectivity index (χ3n) is 2.15. The number of hydrogen-bond acceptors (Lipinski definition) is 4. The second kappa shape index (κ2) is 3.04. The van der Waals surface area contributed by atoms with Gasteiger partial charge in [-0.25, -0.2) is 4.98 Å². The Labute approximate surface area is 81.7 Å². The topological polar surface area (TPSA) is 31.4 Å². The van der Waals surface area contributed by atoms with Crippen LogP contribution in [0, 0.1) is 13.8 Å². The second-order valence-electron chi connectivity index (χ2n) is 3.29. The molecule has 1 aromatic rings. The fourth-order valence-electron chi connectivity index (χ4n) is 1.60. The van der Waals surface area contributed by atoms with E-state index in [2.05, 4.69) is 4.98 Å². The van der Waals surface area contributed by atoms with Gasteiger partial charge in [0, 0.05) is 0 Å². The van der Waals surface area contributed by atoms with Crippen LogP contribution in [0.2, 0.25) is 0 Å². The number of hydrogen-bond donors (Lipinski definition) is 0. The molecule has 3 nitrogen and oxygen atoms in total. The summed E-state index contributed by atoms with van der Waals surface area (Å²) in [4.78, 5) is 5.46. The van der Waals surface area contributed by atoms with Gasteiger partial charge in [0.25, 0.3) is 0 Å². The van der Waals surface area contributed by atoms with Crippen LogP contribution in [0.3, 0.4) is 0 Å². The lowest BCUT2D eigenvalue weighted by Gasteiger charge is -2.20. The summed E-state index contributed by atoms with van der Waals surface area (Å²) < 4.78 is 11.1. The Balaban J connectivity index is 2.38. The Kier molecular flexibility index (Phi) is 2.14. The predicted molar refractivity (Wildman–Crippen MR) is 50.8 cm³/mol. The number of aryl methyl sites for hydroxylation is 2. The third-order valence-corrected chi connectivity index (χ3v) is 3.41. The molecule has 1 aromatic heterocycles. The number of aromatic nitrogens is 1. The van der Waals surface area contributed by atoms with Gasteiger partial charge in [0.2, 0.25) is 5.79 Å². The van der Waals surface area contributed by atoms with Crippen molar-refractivity contribution in [1.82, 2.24) is 4.98 Å². The van der Waals surface area contributed by atoms with E-state index in [0.717, 1.165) is 15.6 Å². The summed E-state index contributed by atoms with van der Waals surface area (Å²) in [5.41, 5.74) is 1.02. The van der Waals surface area contributed by atoms with Crippen molar-refractivity contribution in [3.05, 3.63) is 15.6 Å².